The van der Waals surface area contributed by atoms with Crippen molar-refractivity contribution in [1.82, 2.24) is 29.8 Å². The summed E-state index contributed by atoms with van der Waals surface area (Å²) in [6.07, 6.45) is 5.51. The van der Waals surface area contributed by atoms with Crippen LogP contribution >= 0.6 is 0 Å². The smallest absolute Gasteiger partial charge is 0.253 e. The van der Waals surface area contributed by atoms with Crippen LogP contribution in [-0.4, -0.2) is 43.6 Å². The van der Waals surface area contributed by atoms with Gasteiger partial charge in [-0.15, -0.1) is 5.10 Å². The standard InChI is InChI=1S/C30H31N7O2/c1-18-6-4-7-20(14-18)19(2)32-28(38)24-17-36(3)26-10-9-21(15-23(24)26)22-11-13-37-27(16-22)33-30(35-37)34-29(39)25-8-5-12-31-25/h4,6-7,9-11,13-17,19,25,31H,5,8,12H2,1-3H3,(H,32,38)(H,34,35,39)/t19-,25-/m0/s1. The van der Waals surface area contributed by atoms with Gasteiger partial charge in [0.25, 0.3) is 5.91 Å². The molecule has 1 saturated heterocycles. The van der Waals surface area contributed by atoms with E-state index in [0.717, 1.165) is 52.5 Å². The number of nitrogens with one attached hydrogen (secondary N) is 3. The molecule has 0 radical (unpaired) electrons. The van der Waals surface area contributed by atoms with Crippen molar-refractivity contribution >= 4 is 34.3 Å². The Hall–Kier alpha value is -4.50. The maximum absolute atomic E-state index is 13.4. The fraction of sp³-hybridized carbons (Fsp3) is 0.267. The summed E-state index contributed by atoms with van der Waals surface area (Å²) in [6.45, 7) is 4.89. The third-order valence-corrected chi connectivity index (χ3v) is 7.41. The van der Waals surface area contributed by atoms with Crippen molar-refractivity contribution in [1.29, 1.82) is 0 Å². The molecule has 3 N–H and O–H groups in total. The summed E-state index contributed by atoms with van der Waals surface area (Å²) in [5, 5.41) is 14.4. The average Bonchev–Trinajstić information content (AvgIpc) is 3.67. The first-order valence-electron chi connectivity index (χ1n) is 13.2. The third-order valence-electron chi connectivity index (χ3n) is 7.41. The van der Waals surface area contributed by atoms with Gasteiger partial charge in [-0.05, 0) is 74.2 Å². The first-order chi connectivity index (χ1) is 18.9. The molecule has 2 atom stereocenters. The predicted molar refractivity (Wildman–Crippen MR) is 152 cm³/mol. The van der Waals surface area contributed by atoms with E-state index in [2.05, 4.69) is 32.1 Å². The number of aromatic nitrogens is 4. The predicted octanol–water partition coefficient (Wildman–Crippen LogP) is 4.38. The van der Waals surface area contributed by atoms with Gasteiger partial charge in [0.15, 0.2) is 5.65 Å². The Balaban J connectivity index is 1.27. The van der Waals surface area contributed by atoms with Gasteiger partial charge >= 0.3 is 0 Å². The minimum absolute atomic E-state index is 0.110. The first-order valence-corrected chi connectivity index (χ1v) is 13.2. The number of nitrogens with zero attached hydrogens (tertiary/aromatic N) is 4. The molecule has 39 heavy (non-hydrogen) atoms. The maximum Gasteiger partial charge on any atom is 0.253 e. The Morgan fingerprint density at radius 1 is 1.10 bits per heavy atom. The lowest BCUT2D eigenvalue weighted by Crippen LogP contribution is -2.35. The van der Waals surface area contributed by atoms with Crippen LogP contribution in [0.1, 0.15) is 47.3 Å². The fourth-order valence-electron chi connectivity index (χ4n) is 5.27. The zero-order chi connectivity index (χ0) is 27.1. The van der Waals surface area contributed by atoms with E-state index in [1.807, 2.05) is 86.4 Å². The highest BCUT2D eigenvalue weighted by molar-refractivity contribution is 6.08. The fourth-order valence-corrected chi connectivity index (χ4v) is 5.27. The minimum Gasteiger partial charge on any atom is -0.350 e. The van der Waals surface area contributed by atoms with E-state index in [9.17, 15) is 9.59 Å². The van der Waals surface area contributed by atoms with Crippen LogP contribution in [-0.2, 0) is 11.8 Å². The molecule has 4 heterocycles. The number of rotatable bonds is 6. The van der Waals surface area contributed by atoms with Crippen LogP contribution in [0, 0.1) is 6.92 Å². The van der Waals surface area contributed by atoms with E-state index in [0.29, 0.717) is 11.2 Å². The third kappa shape index (κ3) is 4.88. The molecule has 3 aromatic heterocycles. The van der Waals surface area contributed by atoms with E-state index < -0.39 is 0 Å². The second-order valence-corrected chi connectivity index (χ2v) is 10.3. The molecule has 0 unspecified atom stereocenters. The summed E-state index contributed by atoms with van der Waals surface area (Å²) in [6, 6.07) is 17.8. The van der Waals surface area contributed by atoms with Gasteiger partial charge in [0.05, 0.1) is 17.6 Å². The number of pyridine rings is 1. The van der Waals surface area contributed by atoms with Crippen molar-refractivity contribution in [3.63, 3.8) is 0 Å². The quantitative estimate of drug-likeness (QED) is 0.308. The lowest BCUT2D eigenvalue weighted by Gasteiger charge is -2.14. The second kappa shape index (κ2) is 9.99. The van der Waals surface area contributed by atoms with Gasteiger partial charge in [0, 0.05) is 30.3 Å². The highest BCUT2D eigenvalue weighted by Crippen LogP contribution is 2.29. The molecule has 1 aliphatic heterocycles. The van der Waals surface area contributed by atoms with Crippen molar-refractivity contribution in [2.24, 2.45) is 7.05 Å². The largest absolute Gasteiger partial charge is 0.350 e. The number of hydrogen-bond donors (Lipinski definition) is 3. The van der Waals surface area contributed by atoms with E-state index in [-0.39, 0.29) is 29.8 Å². The molecule has 2 aromatic carbocycles. The second-order valence-electron chi connectivity index (χ2n) is 10.3. The summed E-state index contributed by atoms with van der Waals surface area (Å²) < 4.78 is 3.62. The molecule has 9 nitrogen and oxygen atoms in total. The summed E-state index contributed by atoms with van der Waals surface area (Å²) in [5.41, 5.74) is 6.36. The van der Waals surface area contributed by atoms with Crippen LogP contribution in [0.4, 0.5) is 5.95 Å². The van der Waals surface area contributed by atoms with Gasteiger partial charge < -0.3 is 15.2 Å². The van der Waals surface area contributed by atoms with E-state index in [4.69, 9.17) is 0 Å². The highest BCUT2D eigenvalue weighted by Gasteiger charge is 2.23. The van der Waals surface area contributed by atoms with Gasteiger partial charge in [-0.25, -0.2) is 4.52 Å². The Kier molecular flexibility index (Phi) is 6.36. The van der Waals surface area contributed by atoms with Gasteiger partial charge in [-0.2, -0.15) is 4.98 Å². The van der Waals surface area contributed by atoms with Crippen LogP contribution in [0.25, 0.3) is 27.7 Å². The number of anilines is 1. The Labute approximate surface area is 226 Å². The van der Waals surface area contributed by atoms with Crippen LogP contribution in [0.15, 0.2) is 67.0 Å². The van der Waals surface area contributed by atoms with Gasteiger partial charge in [-0.3, -0.25) is 14.9 Å². The molecule has 198 valence electrons. The lowest BCUT2D eigenvalue weighted by atomic mass is 10.0. The number of aryl methyl sites for hydroxylation is 2. The molecular weight excluding hydrogens is 490 g/mol. The average molecular weight is 522 g/mol. The SMILES string of the molecule is Cc1cccc([C@H](C)NC(=O)c2cn(C)c3ccc(-c4ccn5nc(NC(=O)[C@@H]6CCCN6)nc5c4)cc23)c1. The molecule has 0 bridgehead atoms. The van der Waals surface area contributed by atoms with E-state index in [1.165, 1.54) is 0 Å². The van der Waals surface area contributed by atoms with Crippen LogP contribution in [0.2, 0.25) is 0 Å². The lowest BCUT2D eigenvalue weighted by molar-refractivity contribution is -0.117. The molecule has 1 aliphatic rings. The topological polar surface area (TPSA) is 105 Å². The number of carbonyl (C=O) groups is 2. The van der Waals surface area contributed by atoms with E-state index in [1.54, 1.807) is 4.52 Å². The number of amides is 2. The van der Waals surface area contributed by atoms with Crippen LogP contribution < -0.4 is 16.0 Å². The molecule has 0 spiro atoms. The molecule has 0 saturated carbocycles. The molecule has 1 fully saturated rings. The Bertz CT molecular complexity index is 1710. The minimum atomic E-state index is -0.198. The molecule has 6 rings (SSSR count). The van der Waals surface area contributed by atoms with Crippen molar-refractivity contribution in [2.75, 3.05) is 11.9 Å². The van der Waals surface area contributed by atoms with Gasteiger partial charge in [0.2, 0.25) is 11.9 Å². The zero-order valence-corrected chi connectivity index (χ0v) is 22.2. The van der Waals surface area contributed by atoms with Crippen molar-refractivity contribution in [3.8, 4) is 11.1 Å². The van der Waals surface area contributed by atoms with Crippen LogP contribution in [0.3, 0.4) is 0 Å². The molecule has 9 heteroatoms. The van der Waals surface area contributed by atoms with Crippen LogP contribution in [0.5, 0.6) is 0 Å². The van der Waals surface area contributed by atoms with Gasteiger partial charge in [0.1, 0.15) is 0 Å². The zero-order valence-electron chi connectivity index (χ0n) is 22.2. The normalized spacial score (nSPS) is 16.0. The van der Waals surface area contributed by atoms with Crippen molar-refractivity contribution < 1.29 is 9.59 Å². The monoisotopic (exact) mass is 521 g/mol. The summed E-state index contributed by atoms with van der Waals surface area (Å²) in [7, 11) is 1.95. The van der Waals surface area contributed by atoms with Crippen molar-refractivity contribution in [3.05, 3.63) is 83.7 Å². The Morgan fingerprint density at radius 3 is 2.74 bits per heavy atom. The summed E-state index contributed by atoms with van der Waals surface area (Å²) >= 11 is 0. The number of benzene rings is 2. The van der Waals surface area contributed by atoms with Gasteiger partial charge in [-0.1, -0.05) is 35.9 Å². The molecule has 5 aromatic rings. The van der Waals surface area contributed by atoms with Crippen molar-refractivity contribution in [2.45, 2.75) is 38.8 Å². The Morgan fingerprint density at radius 2 is 1.95 bits per heavy atom. The molecule has 2 amide bonds. The summed E-state index contributed by atoms with van der Waals surface area (Å²) in [4.78, 5) is 30.3. The van der Waals surface area contributed by atoms with E-state index >= 15 is 0 Å². The molecule has 0 aliphatic carbocycles. The maximum atomic E-state index is 13.4. The number of carbonyl (C=O) groups excluding carboxylic acids is 2. The summed E-state index contributed by atoms with van der Waals surface area (Å²) in [5.74, 6) is 0.0588. The molecular formula is C30H31N7O2. The number of fused-ring (bicyclic) bond motifs is 2. The first kappa shape index (κ1) is 24.8. The highest BCUT2D eigenvalue weighted by atomic mass is 16.2. The number of hydrogen-bond acceptors (Lipinski definition) is 5.